The van der Waals surface area contributed by atoms with Crippen molar-refractivity contribution in [3.8, 4) is 0 Å². The second-order valence-electron chi connectivity index (χ2n) is 5.80. The summed E-state index contributed by atoms with van der Waals surface area (Å²) < 4.78 is 1.33. The Morgan fingerprint density at radius 1 is 1.16 bits per heavy atom. The van der Waals surface area contributed by atoms with E-state index in [0.29, 0.717) is 6.04 Å². The van der Waals surface area contributed by atoms with Crippen LogP contribution in [0.3, 0.4) is 0 Å². The summed E-state index contributed by atoms with van der Waals surface area (Å²) in [6, 6.07) is 9.63. The Kier molecular flexibility index (Phi) is 6.65. The average molecular weight is 371 g/mol. The highest BCUT2D eigenvalue weighted by atomic mass is 127. The fourth-order valence-corrected chi connectivity index (χ4v) is 3.47. The molecule has 1 unspecified atom stereocenters. The van der Waals surface area contributed by atoms with Crippen LogP contribution in [0, 0.1) is 9.49 Å². The van der Waals surface area contributed by atoms with Crippen molar-refractivity contribution < 1.29 is 0 Å². The fourth-order valence-electron chi connectivity index (χ4n) is 3.11. The first kappa shape index (κ1) is 15.3. The Hall–Kier alpha value is -0.0900. The summed E-state index contributed by atoms with van der Waals surface area (Å²) in [4.78, 5) is 0. The fraction of sp³-hybridized carbons (Fsp3) is 0.647. The molecule has 2 heteroatoms. The minimum absolute atomic E-state index is 0.556. The topological polar surface area (TPSA) is 12.0 Å². The van der Waals surface area contributed by atoms with Gasteiger partial charge in [0.05, 0.1) is 0 Å². The molecular weight excluding hydrogens is 345 g/mol. The van der Waals surface area contributed by atoms with Crippen LogP contribution in [-0.2, 0) is 0 Å². The first-order chi connectivity index (χ1) is 9.29. The van der Waals surface area contributed by atoms with Gasteiger partial charge in [-0.05, 0) is 65.6 Å². The predicted octanol–water partition coefficient (Wildman–Crippen LogP) is 5.30. The van der Waals surface area contributed by atoms with Crippen molar-refractivity contribution >= 4 is 22.6 Å². The Balaban J connectivity index is 1.99. The van der Waals surface area contributed by atoms with Crippen molar-refractivity contribution in [2.24, 2.45) is 5.92 Å². The van der Waals surface area contributed by atoms with E-state index in [4.69, 9.17) is 0 Å². The minimum atomic E-state index is 0.556. The maximum atomic E-state index is 3.75. The Bertz CT molecular complexity index is 354. The highest BCUT2D eigenvalue weighted by Gasteiger charge is 2.19. The van der Waals surface area contributed by atoms with Gasteiger partial charge < -0.3 is 5.32 Å². The van der Waals surface area contributed by atoms with Gasteiger partial charge in [0.1, 0.15) is 0 Å². The number of halogens is 1. The Morgan fingerprint density at radius 3 is 2.47 bits per heavy atom. The minimum Gasteiger partial charge on any atom is -0.310 e. The third-order valence-electron chi connectivity index (χ3n) is 4.21. The zero-order chi connectivity index (χ0) is 13.5. The van der Waals surface area contributed by atoms with Gasteiger partial charge in [0.2, 0.25) is 0 Å². The van der Waals surface area contributed by atoms with E-state index >= 15 is 0 Å². The lowest BCUT2D eigenvalue weighted by atomic mass is 9.83. The molecule has 19 heavy (non-hydrogen) atoms. The molecule has 0 aromatic heterocycles. The van der Waals surface area contributed by atoms with Crippen LogP contribution in [0.4, 0.5) is 0 Å². The van der Waals surface area contributed by atoms with E-state index in [2.05, 4.69) is 59.1 Å². The molecule has 0 amide bonds. The molecule has 1 fully saturated rings. The van der Waals surface area contributed by atoms with Crippen molar-refractivity contribution in [1.82, 2.24) is 5.32 Å². The van der Waals surface area contributed by atoms with E-state index in [1.54, 1.807) is 0 Å². The Morgan fingerprint density at radius 2 is 1.84 bits per heavy atom. The molecule has 1 saturated carbocycles. The van der Waals surface area contributed by atoms with Gasteiger partial charge >= 0.3 is 0 Å². The lowest BCUT2D eigenvalue weighted by molar-refractivity contribution is 0.300. The molecule has 1 aliphatic carbocycles. The van der Waals surface area contributed by atoms with Crippen LogP contribution in [0.25, 0.3) is 0 Å². The number of benzene rings is 1. The maximum Gasteiger partial charge on any atom is 0.0322 e. The van der Waals surface area contributed by atoms with Gasteiger partial charge in [0.25, 0.3) is 0 Å². The predicted molar refractivity (Wildman–Crippen MR) is 91.4 cm³/mol. The SMILES string of the molecule is CCCNC(CC1CCCCC1)c1ccc(I)cc1. The van der Waals surface area contributed by atoms with Gasteiger partial charge in [-0.15, -0.1) is 0 Å². The van der Waals surface area contributed by atoms with Gasteiger partial charge in [-0.1, -0.05) is 51.2 Å². The van der Waals surface area contributed by atoms with Crippen LogP contribution in [0.5, 0.6) is 0 Å². The maximum absolute atomic E-state index is 3.75. The first-order valence-electron chi connectivity index (χ1n) is 7.78. The number of hydrogen-bond donors (Lipinski definition) is 1. The van der Waals surface area contributed by atoms with Crippen molar-refractivity contribution in [2.45, 2.75) is 57.9 Å². The monoisotopic (exact) mass is 371 g/mol. The van der Waals surface area contributed by atoms with Crippen LogP contribution < -0.4 is 5.32 Å². The summed E-state index contributed by atoms with van der Waals surface area (Å²) in [7, 11) is 0. The van der Waals surface area contributed by atoms with E-state index in [9.17, 15) is 0 Å². The number of hydrogen-bond acceptors (Lipinski definition) is 1. The van der Waals surface area contributed by atoms with Gasteiger partial charge in [0, 0.05) is 9.61 Å². The molecule has 1 atom stereocenters. The van der Waals surface area contributed by atoms with E-state index in [-0.39, 0.29) is 0 Å². The molecule has 0 saturated heterocycles. The molecule has 0 radical (unpaired) electrons. The molecular formula is C17H26IN. The van der Waals surface area contributed by atoms with Gasteiger partial charge in [0.15, 0.2) is 0 Å². The second kappa shape index (κ2) is 8.25. The summed E-state index contributed by atoms with van der Waals surface area (Å²) >= 11 is 2.38. The molecule has 1 aromatic carbocycles. The lowest BCUT2D eigenvalue weighted by Crippen LogP contribution is -2.25. The third kappa shape index (κ3) is 5.07. The lowest BCUT2D eigenvalue weighted by Gasteiger charge is -2.27. The van der Waals surface area contributed by atoms with Crippen molar-refractivity contribution in [3.05, 3.63) is 33.4 Å². The van der Waals surface area contributed by atoms with Gasteiger partial charge in [-0.2, -0.15) is 0 Å². The summed E-state index contributed by atoms with van der Waals surface area (Å²) in [5.74, 6) is 0.933. The molecule has 1 aromatic rings. The van der Waals surface area contributed by atoms with Crippen LogP contribution in [0.15, 0.2) is 24.3 Å². The average Bonchev–Trinajstić information content (AvgIpc) is 2.45. The van der Waals surface area contributed by atoms with E-state index in [1.165, 1.54) is 54.1 Å². The zero-order valence-corrected chi connectivity index (χ0v) is 14.2. The van der Waals surface area contributed by atoms with E-state index < -0.39 is 0 Å². The van der Waals surface area contributed by atoms with Crippen molar-refractivity contribution in [2.75, 3.05) is 6.54 Å². The third-order valence-corrected chi connectivity index (χ3v) is 4.93. The molecule has 1 N–H and O–H groups in total. The number of nitrogens with one attached hydrogen (secondary N) is 1. The largest absolute Gasteiger partial charge is 0.310 e. The highest BCUT2D eigenvalue weighted by molar-refractivity contribution is 14.1. The smallest absolute Gasteiger partial charge is 0.0322 e. The first-order valence-corrected chi connectivity index (χ1v) is 8.86. The molecule has 0 aliphatic heterocycles. The standard InChI is InChI=1S/C17H26IN/c1-2-12-19-17(13-14-6-4-3-5-7-14)15-8-10-16(18)11-9-15/h8-11,14,17,19H,2-7,12-13H2,1H3. The van der Waals surface area contributed by atoms with Crippen LogP contribution >= 0.6 is 22.6 Å². The zero-order valence-electron chi connectivity index (χ0n) is 12.0. The van der Waals surface area contributed by atoms with Crippen LogP contribution in [0.1, 0.15) is 63.5 Å². The highest BCUT2D eigenvalue weighted by Crippen LogP contribution is 2.32. The summed E-state index contributed by atoms with van der Waals surface area (Å²) in [5, 5.41) is 3.75. The normalized spacial score (nSPS) is 18.4. The quantitative estimate of drug-likeness (QED) is 0.669. The van der Waals surface area contributed by atoms with Crippen LogP contribution in [-0.4, -0.2) is 6.54 Å². The van der Waals surface area contributed by atoms with Gasteiger partial charge in [-0.3, -0.25) is 0 Å². The van der Waals surface area contributed by atoms with Crippen molar-refractivity contribution in [3.63, 3.8) is 0 Å². The number of rotatable bonds is 6. The molecule has 0 heterocycles. The molecule has 1 aliphatic rings. The second-order valence-corrected chi connectivity index (χ2v) is 7.04. The summed E-state index contributed by atoms with van der Waals surface area (Å²) in [6.45, 7) is 3.38. The molecule has 1 nitrogen and oxygen atoms in total. The van der Waals surface area contributed by atoms with Crippen LogP contribution in [0.2, 0.25) is 0 Å². The molecule has 106 valence electrons. The van der Waals surface area contributed by atoms with E-state index in [1.807, 2.05) is 0 Å². The van der Waals surface area contributed by atoms with Crippen molar-refractivity contribution in [1.29, 1.82) is 0 Å². The molecule has 2 rings (SSSR count). The molecule has 0 bridgehead atoms. The Labute approximate surface area is 131 Å². The summed E-state index contributed by atoms with van der Waals surface area (Å²) in [5.41, 5.74) is 1.47. The molecule has 0 spiro atoms. The van der Waals surface area contributed by atoms with E-state index in [0.717, 1.165) is 12.5 Å². The van der Waals surface area contributed by atoms with Gasteiger partial charge in [-0.25, -0.2) is 0 Å². The summed E-state index contributed by atoms with van der Waals surface area (Å²) in [6.07, 6.45) is 9.75.